The standard InChI is InChI=1S/C7H19NO6P2/c1-3-8(4-2)5-7(16(12,13)14)6-15(9,10)11/h7H,3-6H2,1-2H3,(H2,9,10,11)(H2,12,13,14). The predicted molar refractivity (Wildman–Crippen MR) is 60.5 cm³/mol. The Morgan fingerprint density at radius 3 is 1.75 bits per heavy atom. The maximum Gasteiger partial charge on any atom is 0.330 e. The molecule has 98 valence electrons. The van der Waals surface area contributed by atoms with Gasteiger partial charge in [0.15, 0.2) is 0 Å². The lowest BCUT2D eigenvalue weighted by Crippen LogP contribution is -2.34. The second-order valence-corrected chi connectivity index (χ2v) is 7.18. The summed E-state index contributed by atoms with van der Waals surface area (Å²) in [6.07, 6.45) is -0.784. The molecule has 0 saturated carbocycles. The fourth-order valence-electron chi connectivity index (χ4n) is 1.32. The number of nitrogens with zero attached hydrogens (tertiary/aromatic N) is 1. The van der Waals surface area contributed by atoms with Crippen LogP contribution in [0.5, 0.6) is 0 Å². The molecular formula is C7H19NO6P2. The summed E-state index contributed by atoms with van der Waals surface area (Å²) in [5.41, 5.74) is -1.31. The zero-order valence-corrected chi connectivity index (χ0v) is 11.1. The van der Waals surface area contributed by atoms with Gasteiger partial charge in [-0.1, -0.05) is 13.8 Å². The summed E-state index contributed by atoms with van der Waals surface area (Å²) in [5.74, 6) is 0. The molecule has 9 heteroatoms. The quantitative estimate of drug-likeness (QED) is 0.485. The summed E-state index contributed by atoms with van der Waals surface area (Å²) in [5, 5.41) is 0. The largest absolute Gasteiger partial charge is 0.330 e. The van der Waals surface area contributed by atoms with Crippen molar-refractivity contribution < 1.29 is 28.7 Å². The van der Waals surface area contributed by atoms with Crippen molar-refractivity contribution in [3.8, 4) is 0 Å². The summed E-state index contributed by atoms with van der Waals surface area (Å²) in [6, 6.07) is 0. The van der Waals surface area contributed by atoms with E-state index in [-0.39, 0.29) is 6.54 Å². The van der Waals surface area contributed by atoms with Crippen LogP contribution in [0.1, 0.15) is 13.8 Å². The van der Waals surface area contributed by atoms with Crippen molar-refractivity contribution >= 4 is 15.2 Å². The Kier molecular flexibility index (Phi) is 6.36. The van der Waals surface area contributed by atoms with Crippen LogP contribution in [0.15, 0.2) is 0 Å². The van der Waals surface area contributed by atoms with E-state index in [4.69, 9.17) is 19.6 Å². The van der Waals surface area contributed by atoms with Gasteiger partial charge in [0.05, 0.1) is 11.8 Å². The monoisotopic (exact) mass is 275 g/mol. The highest BCUT2D eigenvalue weighted by Gasteiger charge is 2.35. The topological polar surface area (TPSA) is 118 Å². The molecule has 0 radical (unpaired) electrons. The number of hydrogen-bond acceptors (Lipinski definition) is 3. The van der Waals surface area contributed by atoms with Gasteiger partial charge < -0.3 is 24.5 Å². The molecule has 0 aliphatic heterocycles. The molecule has 0 fully saturated rings. The van der Waals surface area contributed by atoms with Gasteiger partial charge in [0.1, 0.15) is 0 Å². The van der Waals surface area contributed by atoms with Gasteiger partial charge in [0.25, 0.3) is 0 Å². The van der Waals surface area contributed by atoms with Gasteiger partial charge >= 0.3 is 15.2 Å². The molecule has 16 heavy (non-hydrogen) atoms. The van der Waals surface area contributed by atoms with E-state index in [0.29, 0.717) is 13.1 Å². The van der Waals surface area contributed by atoms with Crippen LogP contribution in [0.2, 0.25) is 0 Å². The predicted octanol–water partition coefficient (Wildman–Crippen LogP) is 0.0522. The highest BCUT2D eigenvalue weighted by Crippen LogP contribution is 2.48. The average Bonchev–Trinajstić information content (AvgIpc) is 2.08. The summed E-state index contributed by atoms with van der Waals surface area (Å²) in [7, 11) is -8.90. The van der Waals surface area contributed by atoms with Crippen LogP contribution in [0, 0.1) is 0 Å². The lowest BCUT2D eigenvalue weighted by Gasteiger charge is -2.25. The van der Waals surface area contributed by atoms with E-state index >= 15 is 0 Å². The second-order valence-electron chi connectivity index (χ2n) is 3.58. The second kappa shape index (κ2) is 6.26. The van der Waals surface area contributed by atoms with Crippen molar-refractivity contribution in [3.63, 3.8) is 0 Å². The fourth-order valence-corrected chi connectivity index (χ4v) is 3.92. The SMILES string of the molecule is CCN(CC)CC(CP(=O)(O)O)P(=O)(O)O. The van der Waals surface area contributed by atoms with Crippen LogP contribution in [0.4, 0.5) is 0 Å². The minimum absolute atomic E-state index is 0.0115. The van der Waals surface area contributed by atoms with E-state index < -0.39 is 27.0 Å². The molecule has 4 N–H and O–H groups in total. The molecular weight excluding hydrogens is 256 g/mol. The molecule has 7 nitrogen and oxygen atoms in total. The Morgan fingerprint density at radius 1 is 1.06 bits per heavy atom. The van der Waals surface area contributed by atoms with Crippen molar-refractivity contribution in [2.75, 3.05) is 25.8 Å². The van der Waals surface area contributed by atoms with Crippen LogP contribution in [0.3, 0.4) is 0 Å². The highest BCUT2D eigenvalue weighted by molar-refractivity contribution is 7.56. The summed E-state index contributed by atoms with van der Waals surface area (Å²) >= 11 is 0. The van der Waals surface area contributed by atoms with Crippen LogP contribution in [-0.4, -0.2) is 55.9 Å². The van der Waals surface area contributed by atoms with Crippen LogP contribution < -0.4 is 0 Å². The first-order valence-electron chi connectivity index (χ1n) is 4.92. The molecule has 0 aromatic carbocycles. The molecule has 0 bridgehead atoms. The van der Waals surface area contributed by atoms with E-state index in [2.05, 4.69) is 0 Å². The Bertz CT molecular complexity index is 293. The van der Waals surface area contributed by atoms with Gasteiger partial charge in [0, 0.05) is 6.54 Å². The molecule has 0 spiro atoms. The third-order valence-corrected chi connectivity index (χ3v) is 4.79. The van der Waals surface area contributed by atoms with Gasteiger partial charge in [-0.3, -0.25) is 9.13 Å². The van der Waals surface area contributed by atoms with E-state index in [0.717, 1.165) is 0 Å². The molecule has 0 saturated heterocycles. The lowest BCUT2D eigenvalue weighted by atomic mass is 10.4. The van der Waals surface area contributed by atoms with Crippen molar-refractivity contribution in [1.82, 2.24) is 4.90 Å². The first kappa shape index (κ1) is 16.3. The molecule has 0 aromatic rings. The number of rotatable bonds is 7. The fraction of sp³-hybridized carbons (Fsp3) is 1.00. The van der Waals surface area contributed by atoms with Gasteiger partial charge in [-0.2, -0.15) is 0 Å². The Balaban J connectivity index is 4.70. The van der Waals surface area contributed by atoms with Gasteiger partial charge in [-0.25, -0.2) is 0 Å². The Hall–Kier alpha value is 0.260. The summed E-state index contributed by atoms with van der Waals surface area (Å²) < 4.78 is 21.9. The molecule has 1 unspecified atom stereocenters. The molecule has 0 rings (SSSR count). The zero-order valence-electron chi connectivity index (χ0n) is 9.35. The first-order chi connectivity index (χ1) is 7.10. The minimum atomic E-state index is -4.49. The summed E-state index contributed by atoms with van der Waals surface area (Å²) in [6.45, 7) is 4.78. The van der Waals surface area contributed by atoms with Crippen molar-refractivity contribution in [3.05, 3.63) is 0 Å². The maximum atomic E-state index is 11.1. The lowest BCUT2D eigenvalue weighted by molar-refractivity contribution is 0.278. The first-order valence-corrected chi connectivity index (χ1v) is 8.40. The van der Waals surface area contributed by atoms with Crippen molar-refractivity contribution in [1.29, 1.82) is 0 Å². The molecule has 0 aliphatic carbocycles. The molecule has 0 amide bonds. The van der Waals surface area contributed by atoms with Crippen molar-refractivity contribution in [2.45, 2.75) is 19.5 Å². The average molecular weight is 275 g/mol. The Morgan fingerprint density at radius 2 is 1.50 bits per heavy atom. The number of hydrogen-bond donors (Lipinski definition) is 4. The van der Waals surface area contributed by atoms with Crippen LogP contribution >= 0.6 is 15.2 Å². The molecule has 0 heterocycles. The summed E-state index contributed by atoms with van der Waals surface area (Å²) in [4.78, 5) is 37.3. The third kappa shape index (κ3) is 6.76. The molecule has 0 aliphatic rings. The van der Waals surface area contributed by atoms with E-state index in [1.54, 1.807) is 4.90 Å². The normalized spacial score (nSPS) is 15.4. The van der Waals surface area contributed by atoms with Gasteiger partial charge in [-0.15, -0.1) is 0 Å². The van der Waals surface area contributed by atoms with E-state index in [1.165, 1.54) is 0 Å². The third-order valence-electron chi connectivity index (χ3n) is 2.29. The highest BCUT2D eigenvalue weighted by atomic mass is 31.2. The van der Waals surface area contributed by atoms with E-state index in [9.17, 15) is 9.13 Å². The van der Waals surface area contributed by atoms with Crippen LogP contribution in [-0.2, 0) is 9.13 Å². The van der Waals surface area contributed by atoms with Gasteiger partial charge in [-0.05, 0) is 13.1 Å². The van der Waals surface area contributed by atoms with E-state index in [1.807, 2.05) is 13.8 Å². The Labute approximate surface area is 94.8 Å². The molecule has 1 atom stereocenters. The maximum absolute atomic E-state index is 11.1. The van der Waals surface area contributed by atoms with Crippen LogP contribution in [0.25, 0.3) is 0 Å². The van der Waals surface area contributed by atoms with Crippen molar-refractivity contribution in [2.24, 2.45) is 0 Å². The van der Waals surface area contributed by atoms with Gasteiger partial charge in [0.2, 0.25) is 0 Å². The zero-order chi connectivity index (χ0) is 13.0. The smallest absolute Gasteiger partial charge is 0.324 e. The molecule has 0 aromatic heterocycles. The minimum Gasteiger partial charge on any atom is -0.324 e.